The number of halogens is 1. The molecule has 0 fully saturated rings. The highest BCUT2D eigenvalue weighted by atomic mass is 35.5. The van der Waals surface area contributed by atoms with Crippen LogP contribution < -0.4 is 14.8 Å². The van der Waals surface area contributed by atoms with Crippen LogP contribution in [-0.2, 0) is 24.6 Å². The van der Waals surface area contributed by atoms with Gasteiger partial charge in [0.05, 0.1) is 17.2 Å². The normalized spacial score (nSPS) is 12.4. The van der Waals surface area contributed by atoms with Crippen molar-refractivity contribution in [3.05, 3.63) is 106 Å². The van der Waals surface area contributed by atoms with Crippen LogP contribution >= 0.6 is 11.6 Å². The average molecular weight is 613 g/mol. The van der Waals surface area contributed by atoms with E-state index >= 15 is 0 Å². The summed E-state index contributed by atoms with van der Waals surface area (Å²) in [5.41, 5.74) is 5.55. The van der Waals surface area contributed by atoms with E-state index in [9.17, 15) is 20.3 Å². The lowest BCUT2D eigenvalue weighted by Crippen LogP contribution is -2.52. The summed E-state index contributed by atoms with van der Waals surface area (Å²) < 4.78 is 17.7. The first kappa shape index (κ1) is 30.5. The van der Waals surface area contributed by atoms with E-state index in [-0.39, 0.29) is 19.8 Å². The number of nitrogens with zero attached hydrogens (tertiary/aromatic N) is 3. The number of oxazole rings is 1. The summed E-state index contributed by atoms with van der Waals surface area (Å²) in [6.07, 6.45) is 4.47. The van der Waals surface area contributed by atoms with E-state index in [0.717, 1.165) is 33.4 Å². The molecule has 1 atom stereocenters. The number of hydrogen-bond donors (Lipinski definition) is 3. The Hall–Kier alpha value is -4.95. The van der Waals surface area contributed by atoms with Gasteiger partial charge in [0.25, 0.3) is 0 Å². The van der Waals surface area contributed by atoms with Crippen LogP contribution in [0.15, 0.2) is 77.8 Å². The Balaban J connectivity index is 1.40. The van der Waals surface area contributed by atoms with Gasteiger partial charge < -0.3 is 24.1 Å². The number of fused-ring (bicyclic) bond motifs is 1. The number of rotatable bonds is 12. The van der Waals surface area contributed by atoms with Crippen molar-refractivity contribution in [1.82, 2.24) is 15.3 Å². The Labute approximate surface area is 258 Å². The Bertz CT molecular complexity index is 1870. The molecule has 3 aromatic carbocycles. The predicted octanol–water partition coefficient (Wildman–Crippen LogP) is 5.81. The van der Waals surface area contributed by atoms with Gasteiger partial charge in [0.15, 0.2) is 12.0 Å². The lowest BCUT2D eigenvalue weighted by Gasteiger charge is -2.25. The third kappa shape index (κ3) is 6.66. The van der Waals surface area contributed by atoms with E-state index in [1.165, 1.54) is 19.5 Å². The van der Waals surface area contributed by atoms with Crippen molar-refractivity contribution < 1.29 is 28.9 Å². The number of nitriles is 1. The third-order valence-electron chi connectivity index (χ3n) is 7.36. The van der Waals surface area contributed by atoms with E-state index in [4.69, 9.17) is 25.5 Å². The van der Waals surface area contributed by atoms with Gasteiger partial charge in [0.1, 0.15) is 41.8 Å². The lowest BCUT2D eigenvalue weighted by atomic mass is 9.96. The van der Waals surface area contributed by atoms with Gasteiger partial charge in [-0.1, -0.05) is 35.9 Å². The number of aliphatic hydroxyl groups is 1. The maximum Gasteiger partial charge on any atom is 0.326 e. The van der Waals surface area contributed by atoms with E-state index in [1.807, 2.05) is 43.3 Å². The molecule has 0 aliphatic heterocycles. The molecule has 0 saturated carbocycles. The first-order valence-corrected chi connectivity index (χ1v) is 14.0. The van der Waals surface area contributed by atoms with Crippen LogP contribution in [0.25, 0.3) is 22.2 Å². The Kier molecular flexibility index (Phi) is 9.11. The highest BCUT2D eigenvalue weighted by Crippen LogP contribution is 2.35. The topological polar surface area (TPSA) is 151 Å². The van der Waals surface area contributed by atoms with Crippen molar-refractivity contribution in [1.29, 1.82) is 5.26 Å². The van der Waals surface area contributed by atoms with Gasteiger partial charge in [-0.2, -0.15) is 5.26 Å². The van der Waals surface area contributed by atoms with Gasteiger partial charge >= 0.3 is 5.97 Å². The molecular weight excluding hydrogens is 584 g/mol. The number of hydrogen-bond acceptors (Lipinski definition) is 9. The molecule has 2 aromatic heterocycles. The fourth-order valence-electron chi connectivity index (χ4n) is 4.57. The molecule has 5 rings (SSSR count). The zero-order valence-corrected chi connectivity index (χ0v) is 24.8. The van der Waals surface area contributed by atoms with Crippen LogP contribution in [0.2, 0.25) is 5.02 Å². The Morgan fingerprint density at radius 2 is 1.91 bits per heavy atom. The molecule has 10 nitrogen and oxygen atoms in total. The van der Waals surface area contributed by atoms with Crippen molar-refractivity contribution in [2.45, 2.75) is 39.1 Å². The summed E-state index contributed by atoms with van der Waals surface area (Å²) in [5.74, 6) is -0.450. The fraction of sp³-hybridized carbons (Fsp3) is 0.212. The molecule has 0 bridgehead atoms. The molecular formula is C33H29ClN4O6. The first-order chi connectivity index (χ1) is 21.2. The van der Waals surface area contributed by atoms with E-state index < -0.39 is 18.1 Å². The molecule has 3 N–H and O–H groups in total. The molecule has 5 aromatic rings. The molecule has 0 amide bonds. The second-order valence-corrected chi connectivity index (χ2v) is 10.8. The molecule has 11 heteroatoms. The van der Waals surface area contributed by atoms with Crippen molar-refractivity contribution in [3.8, 4) is 28.7 Å². The van der Waals surface area contributed by atoms with Gasteiger partial charge in [0.2, 0.25) is 0 Å². The second kappa shape index (κ2) is 13.1. The van der Waals surface area contributed by atoms with Gasteiger partial charge in [-0.25, -0.2) is 4.98 Å². The second-order valence-electron chi connectivity index (χ2n) is 10.4. The van der Waals surface area contributed by atoms with Crippen LogP contribution in [0.3, 0.4) is 0 Å². The summed E-state index contributed by atoms with van der Waals surface area (Å²) in [6, 6.07) is 18.8. The van der Waals surface area contributed by atoms with Crippen molar-refractivity contribution in [3.63, 3.8) is 0 Å². The van der Waals surface area contributed by atoms with Crippen LogP contribution in [0.4, 0.5) is 0 Å². The summed E-state index contributed by atoms with van der Waals surface area (Å²) in [5, 5.41) is 31.6. The fourth-order valence-corrected chi connectivity index (χ4v) is 4.81. The van der Waals surface area contributed by atoms with Crippen molar-refractivity contribution >= 4 is 28.7 Å². The summed E-state index contributed by atoms with van der Waals surface area (Å²) in [6.45, 7) is 3.13. The van der Waals surface area contributed by atoms with E-state index in [0.29, 0.717) is 33.2 Å². The number of aliphatic hydroxyl groups excluding tert-OH is 1. The predicted molar refractivity (Wildman–Crippen MR) is 163 cm³/mol. The van der Waals surface area contributed by atoms with Crippen molar-refractivity contribution in [2.24, 2.45) is 0 Å². The number of aliphatic carboxylic acids is 1. The Morgan fingerprint density at radius 1 is 1.09 bits per heavy atom. The highest BCUT2D eigenvalue weighted by molar-refractivity contribution is 6.32. The number of nitrogens with one attached hydrogen (secondary N) is 1. The van der Waals surface area contributed by atoms with Gasteiger partial charge in [-0.15, -0.1) is 0 Å². The number of carboxylic acids is 1. The summed E-state index contributed by atoms with van der Waals surface area (Å²) in [7, 11) is 0. The smallest absolute Gasteiger partial charge is 0.326 e. The largest absolute Gasteiger partial charge is 0.488 e. The van der Waals surface area contributed by atoms with Crippen LogP contribution in [0, 0.1) is 18.3 Å². The number of aromatic nitrogens is 2. The number of benzene rings is 3. The minimum absolute atomic E-state index is 0.0339. The molecule has 0 saturated heterocycles. The molecule has 0 aliphatic carbocycles. The monoisotopic (exact) mass is 612 g/mol. The minimum atomic E-state index is -1.58. The summed E-state index contributed by atoms with van der Waals surface area (Å²) >= 11 is 6.65. The minimum Gasteiger partial charge on any atom is -0.488 e. The number of carbonyl (C=O) groups is 1. The molecule has 44 heavy (non-hydrogen) atoms. The zero-order valence-electron chi connectivity index (χ0n) is 24.0. The van der Waals surface area contributed by atoms with E-state index in [2.05, 4.69) is 21.4 Å². The standard InChI is InChI=1S/C33H29ClN4O6/c1-20-24(4-3-5-26(20)23-6-7-29-28(10-23)37-19-44-29)17-43-31-11-30(42-16-22-8-21(12-35)13-36-14-22)25(9-27(31)34)15-38-33(2,18-39)32(40)41/h3-11,13-14,19,38-39H,15-18H2,1-2H3,(H,40,41)/t33-/m1/s1. The lowest BCUT2D eigenvalue weighted by molar-refractivity contribution is -0.145. The van der Waals surface area contributed by atoms with Crippen LogP contribution in [0.1, 0.15) is 34.7 Å². The quantitative estimate of drug-likeness (QED) is 0.157. The molecule has 2 heterocycles. The van der Waals surface area contributed by atoms with Crippen LogP contribution in [0.5, 0.6) is 11.5 Å². The average Bonchev–Trinajstić information content (AvgIpc) is 3.51. The SMILES string of the molecule is Cc1c(COc2cc(OCc3cncc(C#N)c3)c(CN[C@](C)(CO)C(=O)O)cc2Cl)cccc1-c1ccc2ocnc2c1. The maximum atomic E-state index is 11.7. The van der Waals surface area contributed by atoms with Gasteiger partial charge in [-0.3, -0.25) is 15.1 Å². The molecule has 0 spiro atoms. The van der Waals surface area contributed by atoms with Crippen LogP contribution in [-0.4, -0.2) is 38.3 Å². The number of pyridine rings is 1. The van der Waals surface area contributed by atoms with Crippen molar-refractivity contribution in [2.75, 3.05) is 6.61 Å². The highest BCUT2D eigenvalue weighted by Gasteiger charge is 2.32. The molecule has 0 aliphatic rings. The Morgan fingerprint density at radius 3 is 2.68 bits per heavy atom. The third-order valence-corrected chi connectivity index (χ3v) is 7.66. The molecule has 0 unspecified atom stereocenters. The first-order valence-electron chi connectivity index (χ1n) is 13.6. The number of ether oxygens (including phenoxy) is 2. The molecule has 0 radical (unpaired) electrons. The maximum absolute atomic E-state index is 11.7. The summed E-state index contributed by atoms with van der Waals surface area (Å²) in [4.78, 5) is 20.0. The molecule has 224 valence electrons. The zero-order chi connectivity index (χ0) is 31.3. The van der Waals surface area contributed by atoms with E-state index in [1.54, 1.807) is 24.4 Å². The number of carboxylic acid groups (broad SMARTS) is 1. The van der Waals surface area contributed by atoms with Gasteiger partial charge in [0, 0.05) is 36.1 Å². The van der Waals surface area contributed by atoms with Gasteiger partial charge in [-0.05, 0) is 60.4 Å².